The first-order valence-corrected chi connectivity index (χ1v) is 14.6. The van der Waals surface area contributed by atoms with Gasteiger partial charge in [-0.15, -0.1) is 0 Å². The first kappa shape index (κ1) is 16.7. The van der Waals surface area contributed by atoms with Gasteiger partial charge in [0.15, 0.2) is 0 Å². The number of fused-ring (bicyclic) bond motifs is 1. The third kappa shape index (κ3) is 3.83. The van der Waals surface area contributed by atoms with Crippen LogP contribution < -0.4 is 5.30 Å². The Kier molecular flexibility index (Phi) is 5.49. The molecule has 0 radical (unpaired) electrons. The summed E-state index contributed by atoms with van der Waals surface area (Å²) in [6.07, 6.45) is 8.16. The van der Waals surface area contributed by atoms with E-state index >= 15 is 0 Å². The van der Waals surface area contributed by atoms with Crippen LogP contribution in [-0.4, -0.2) is 0 Å². The predicted octanol–water partition coefficient (Wildman–Crippen LogP) is 6.04. The summed E-state index contributed by atoms with van der Waals surface area (Å²) in [5.41, 5.74) is 3.10. The number of allylic oxidation sites excluding steroid dienone is 3. The molecule has 0 nitrogen and oxygen atoms in total. The molecule has 1 saturated heterocycles. The van der Waals surface area contributed by atoms with E-state index in [0.717, 1.165) is 10.8 Å². The molecule has 2 aromatic rings. The molecule has 1 heterocycles. The molecule has 0 saturated carbocycles. The fourth-order valence-electron chi connectivity index (χ4n) is 3.19. The van der Waals surface area contributed by atoms with Crippen LogP contribution in [0.3, 0.4) is 0 Å². The maximum atomic E-state index is 3.36. The summed E-state index contributed by atoms with van der Waals surface area (Å²) in [6, 6.07) is 20.2. The van der Waals surface area contributed by atoms with E-state index in [-0.39, 0.29) is 0 Å². The van der Waals surface area contributed by atoms with E-state index in [9.17, 15) is 0 Å². The Morgan fingerprint density at radius 2 is 1.57 bits per heavy atom. The van der Waals surface area contributed by atoms with Gasteiger partial charge in [-0.3, -0.25) is 0 Å². The van der Waals surface area contributed by atoms with Gasteiger partial charge in [-0.2, -0.15) is 0 Å². The Morgan fingerprint density at radius 1 is 0.913 bits per heavy atom. The van der Waals surface area contributed by atoms with Crippen molar-refractivity contribution in [3.05, 3.63) is 97.1 Å². The molecule has 1 aliphatic carbocycles. The number of hydrogen-bond acceptors (Lipinski definition) is 0. The number of rotatable bonds is 4. The van der Waals surface area contributed by atoms with Crippen molar-refractivity contribution in [3.63, 3.8) is 0 Å². The van der Waals surface area contributed by atoms with E-state index in [2.05, 4.69) is 79.9 Å². The standard InChI is InChI=1S/C9H7.C6H6P.C4H6.C2H4.Ti/c1-2-5-9-7-3-6-8(9)4-1;7-6-4-2-1-3-5-6;1-3-4-2;1-2;/h1-7H;1-5,7H;3-4H,1-2H2;1-2H2;/q;-1;;;+1. The van der Waals surface area contributed by atoms with E-state index in [1.165, 1.54) is 5.56 Å². The van der Waals surface area contributed by atoms with Gasteiger partial charge in [-0.1, -0.05) is 25.3 Å². The second-order valence-electron chi connectivity index (χ2n) is 6.08. The normalized spacial score (nSPS) is 19.7. The smallest absolute Gasteiger partial charge is 0.0701 e. The SMILES string of the molecule is C1=C[CH]([Ti]2([PH]c3ccccc3)[CH2][CH2]2)c2ccccc21.C=CC=C. The van der Waals surface area contributed by atoms with Gasteiger partial charge in [0.05, 0.1) is 0 Å². The molecule has 2 unspecified atom stereocenters. The van der Waals surface area contributed by atoms with Gasteiger partial charge in [0, 0.05) is 0 Å². The molecule has 2 heteroatoms. The molecule has 2 aliphatic rings. The second kappa shape index (κ2) is 7.58. The van der Waals surface area contributed by atoms with Crippen LogP contribution in [0.1, 0.15) is 15.3 Å². The van der Waals surface area contributed by atoms with Crippen molar-refractivity contribution < 1.29 is 16.1 Å². The number of benzene rings is 2. The van der Waals surface area contributed by atoms with Crippen LogP contribution in [0.2, 0.25) is 9.45 Å². The molecule has 0 bridgehead atoms. The average Bonchev–Trinajstić information content (AvgIpc) is 3.24. The third-order valence-electron chi connectivity index (χ3n) is 4.52. The summed E-state index contributed by atoms with van der Waals surface area (Å²) in [6.45, 7) is 7.85. The molecule has 4 rings (SSSR count). The summed E-state index contributed by atoms with van der Waals surface area (Å²) in [5.74, 6) is 0. The van der Waals surface area contributed by atoms with Crippen molar-refractivity contribution in [2.45, 2.75) is 13.7 Å². The zero-order valence-corrected chi connectivity index (χ0v) is 16.0. The maximum absolute atomic E-state index is 3.36. The topological polar surface area (TPSA) is 0 Å². The summed E-state index contributed by atoms with van der Waals surface area (Å²) >= 11 is -1.63. The zero-order chi connectivity index (χ0) is 16.1. The van der Waals surface area contributed by atoms with E-state index in [1.54, 1.807) is 32.5 Å². The van der Waals surface area contributed by atoms with Crippen molar-refractivity contribution >= 4 is 18.0 Å². The summed E-state index contributed by atoms with van der Waals surface area (Å²) in [5, 5.41) is 1.60. The molecule has 0 N–H and O–H groups in total. The summed E-state index contributed by atoms with van der Waals surface area (Å²) < 4.78 is 3.96. The molecule has 1 fully saturated rings. The van der Waals surface area contributed by atoms with Gasteiger partial charge in [-0.25, -0.2) is 0 Å². The molecule has 2 atom stereocenters. The second-order valence-corrected chi connectivity index (χ2v) is 18.3. The zero-order valence-electron chi connectivity index (χ0n) is 13.4. The fourth-order valence-corrected chi connectivity index (χ4v) is 18.3. The van der Waals surface area contributed by atoms with Crippen LogP contribution in [0, 0.1) is 0 Å². The van der Waals surface area contributed by atoms with Crippen molar-refractivity contribution in [1.82, 2.24) is 0 Å². The average molecular weight is 354 g/mol. The minimum atomic E-state index is -1.63. The minimum Gasteiger partial charge on any atom is -0.0991 e. The molecule has 116 valence electrons. The van der Waals surface area contributed by atoms with Crippen LogP contribution in [-0.2, 0) is 16.1 Å². The molecular weight excluding hydrogens is 331 g/mol. The molecular formula is C21H23PTi. The maximum Gasteiger partial charge on any atom is -0.0701 e. The van der Waals surface area contributed by atoms with Crippen molar-refractivity contribution in [2.24, 2.45) is 0 Å². The van der Waals surface area contributed by atoms with Crippen molar-refractivity contribution in [3.8, 4) is 0 Å². The molecule has 0 aromatic heterocycles. The van der Waals surface area contributed by atoms with Gasteiger partial charge in [-0.05, 0) is 0 Å². The molecule has 0 spiro atoms. The summed E-state index contributed by atoms with van der Waals surface area (Å²) in [7, 11) is 0. The van der Waals surface area contributed by atoms with E-state index in [4.69, 9.17) is 0 Å². The number of hydrogen-bond donors (Lipinski definition) is 0. The van der Waals surface area contributed by atoms with Gasteiger partial charge < -0.3 is 0 Å². The van der Waals surface area contributed by atoms with Crippen molar-refractivity contribution in [1.29, 1.82) is 0 Å². The Bertz CT molecular complexity index is 708. The third-order valence-corrected chi connectivity index (χ3v) is 17.8. The monoisotopic (exact) mass is 354 g/mol. The van der Waals surface area contributed by atoms with Gasteiger partial charge in [0.1, 0.15) is 0 Å². The largest absolute Gasteiger partial charge is 0.0991 e. The quantitative estimate of drug-likeness (QED) is 0.357. The Balaban J connectivity index is 0.000000354. The van der Waals surface area contributed by atoms with E-state index in [1.807, 2.05) is 0 Å². The van der Waals surface area contributed by atoms with Crippen LogP contribution in [0.15, 0.2) is 86.0 Å². The van der Waals surface area contributed by atoms with Gasteiger partial charge in [0.2, 0.25) is 0 Å². The summed E-state index contributed by atoms with van der Waals surface area (Å²) in [4.78, 5) is 0. The molecule has 23 heavy (non-hydrogen) atoms. The van der Waals surface area contributed by atoms with Gasteiger partial charge in [0.25, 0.3) is 0 Å². The molecule has 1 aliphatic heterocycles. The van der Waals surface area contributed by atoms with E-state index in [0.29, 0.717) is 0 Å². The minimum absolute atomic E-state index is 0.828. The van der Waals surface area contributed by atoms with Crippen molar-refractivity contribution in [2.75, 3.05) is 0 Å². The van der Waals surface area contributed by atoms with E-state index < -0.39 is 16.1 Å². The fraction of sp³-hybridized carbons (Fsp3) is 0.143. The van der Waals surface area contributed by atoms with Crippen LogP contribution in [0.25, 0.3) is 6.08 Å². The Hall–Kier alpha value is -1.20. The van der Waals surface area contributed by atoms with Crippen LogP contribution in [0.4, 0.5) is 0 Å². The molecule has 2 aromatic carbocycles. The van der Waals surface area contributed by atoms with Crippen LogP contribution >= 0.6 is 6.57 Å². The molecule has 0 amide bonds. The Labute approximate surface area is 144 Å². The predicted molar refractivity (Wildman–Crippen MR) is 103 cm³/mol. The van der Waals surface area contributed by atoms with Gasteiger partial charge >= 0.3 is 119 Å². The first-order valence-electron chi connectivity index (χ1n) is 8.13. The first-order chi connectivity index (χ1) is 11.3. The Morgan fingerprint density at radius 3 is 2.22 bits per heavy atom. The van der Waals surface area contributed by atoms with Crippen LogP contribution in [0.5, 0.6) is 0 Å².